The minimum absolute atomic E-state index is 0.429. The van der Waals surface area contributed by atoms with E-state index < -0.39 is 0 Å². The Kier molecular flexibility index (Phi) is 8.77. The van der Waals surface area contributed by atoms with Crippen molar-refractivity contribution in [3.05, 3.63) is 35.9 Å². The number of aryl methyl sites for hydroxylation is 1. The van der Waals surface area contributed by atoms with Crippen molar-refractivity contribution < 1.29 is 4.74 Å². The molecule has 2 unspecified atom stereocenters. The lowest BCUT2D eigenvalue weighted by Gasteiger charge is -2.37. The minimum atomic E-state index is 0.429. The molecule has 1 heterocycles. The van der Waals surface area contributed by atoms with Gasteiger partial charge in [0.1, 0.15) is 0 Å². The number of benzene rings is 1. The monoisotopic (exact) mass is 346 g/mol. The van der Waals surface area contributed by atoms with Crippen molar-refractivity contribution in [2.75, 3.05) is 39.4 Å². The summed E-state index contributed by atoms with van der Waals surface area (Å²) in [7, 11) is 0. The van der Waals surface area contributed by atoms with Gasteiger partial charge in [-0.1, -0.05) is 30.3 Å². The Morgan fingerprint density at radius 2 is 2.12 bits per heavy atom. The van der Waals surface area contributed by atoms with Crippen LogP contribution in [0.1, 0.15) is 32.8 Å². The number of aliphatic imine (C=N–C) groups is 1. The first-order valence-electron chi connectivity index (χ1n) is 9.60. The van der Waals surface area contributed by atoms with Crippen molar-refractivity contribution in [1.82, 2.24) is 15.5 Å². The lowest BCUT2D eigenvalue weighted by molar-refractivity contribution is -0.0165. The fourth-order valence-corrected chi connectivity index (χ4v) is 3.21. The second kappa shape index (κ2) is 11.1. The Bertz CT molecular complexity index is 506. The minimum Gasteiger partial charge on any atom is -0.379 e. The third-order valence-electron chi connectivity index (χ3n) is 4.62. The first-order chi connectivity index (χ1) is 12.2. The molecule has 0 amide bonds. The molecule has 0 aliphatic carbocycles. The molecular weight excluding hydrogens is 312 g/mol. The van der Waals surface area contributed by atoms with Gasteiger partial charge in [-0.2, -0.15) is 0 Å². The lowest BCUT2D eigenvalue weighted by atomic mass is 10.1. The third kappa shape index (κ3) is 7.04. The van der Waals surface area contributed by atoms with Crippen LogP contribution in [0, 0.1) is 0 Å². The molecule has 5 nitrogen and oxygen atoms in total. The van der Waals surface area contributed by atoms with E-state index in [2.05, 4.69) is 66.6 Å². The number of nitrogens with zero attached hydrogens (tertiary/aromatic N) is 2. The van der Waals surface area contributed by atoms with Gasteiger partial charge in [-0.3, -0.25) is 9.89 Å². The molecular formula is C20H34N4O. The topological polar surface area (TPSA) is 48.9 Å². The van der Waals surface area contributed by atoms with Crippen LogP contribution >= 0.6 is 0 Å². The van der Waals surface area contributed by atoms with Gasteiger partial charge in [0, 0.05) is 31.7 Å². The van der Waals surface area contributed by atoms with Crippen LogP contribution in [0.4, 0.5) is 0 Å². The maximum Gasteiger partial charge on any atom is 0.191 e. The molecule has 1 aromatic rings. The van der Waals surface area contributed by atoms with E-state index >= 15 is 0 Å². The molecule has 1 saturated heterocycles. The summed E-state index contributed by atoms with van der Waals surface area (Å²) in [6.45, 7) is 11.9. The van der Waals surface area contributed by atoms with Crippen molar-refractivity contribution in [3.8, 4) is 0 Å². The zero-order valence-electron chi connectivity index (χ0n) is 16.0. The van der Waals surface area contributed by atoms with Gasteiger partial charge in [0.25, 0.3) is 0 Å². The lowest BCUT2D eigenvalue weighted by Crippen LogP contribution is -2.49. The molecule has 2 atom stereocenters. The van der Waals surface area contributed by atoms with Crippen LogP contribution in [0.5, 0.6) is 0 Å². The van der Waals surface area contributed by atoms with E-state index in [0.29, 0.717) is 12.1 Å². The Balaban J connectivity index is 1.75. The highest BCUT2D eigenvalue weighted by Crippen LogP contribution is 2.10. The highest BCUT2D eigenvalue weighted by Gasteiger charge is 2.23. The van der Waals surface area contributed by atoms with E-state index in [0.717, 1.165) is 58.2 Å². The van der Waals surface area contributed by atoms with Crippen LogP contribution in [0.25, 0.3) is 0 Å². The second-order valence-electron chi connectivity index (χ2n) is 6.75. The van der Waals surface area contributed by atoms with Crippen LogP contribution in [0.15, 0.2) is 35.3 Å². The van der Waals surface area contributed by atoms with Gasteiger partial charge in [-0.25, -0.2) is 0 Å². The van der Waals surface area contributed by atoms with Gasteiger partial charge in [0.2, 0.25) is 0 Å². The number of guanidine groups is 1. The number of morpholine rings is 1. The highest BCUT2D eigenvalue weighted by atomic mass is 16.5. The highest BCUT2D eigenvalue weighted by molar-refractivity contribution is 5.79. The van der Waals surface area contributed by atoms with Gasteiger partial charge < -0.3 is 15.4 Å². The van der Waals surface area contributed by atoms with Crippen LogP contribution in [0.3, 0.4) is 0 Å². The number of hydrogen-bond donors (Lipinski definition) is 2. The maximum absolute atomic E-state index is 5.53. The predicted octanol–water partition coefficient (Wildman–Crippen LogP) is 2.28. The molecule has 140 valence electrons. The van der Waals surface area contributed by atoms with Crippen LogP contribution < -0.4 is 10.6 Å². The molecule has 0 radical (unpaired) electrons. The SMILES string of the molecule is CCNC(=NCC(C)N1CCOCC1C)NCCCc1ccccc1. The average molecular weight is 347 g/mol. The Labute approximate surface area is 152 Å². The second-order valence-corrected chi connectivity index (χ2v) is 6.75. The van der Waals surface area contributed by atoms with Crippen molar-refractivity contribution in [2.24, 2.45) is 4.99 Å². The van der Waals surface area contributed by atoms with Crippen LogP contribution in [-0.4, -0.2) is 62.3 Å². The summed E-state index contributed by atoms with van der Waals surface area (Å²) in [5.41, 5.74) is 1.39. The smallest absolute Gasteiger partial charge is 0.191 e. The van der Waals surface area contributed by atoms with E-state index in [1.165, 1.54) is 5.56 Å². The number of rotatable bonds is 8. The van der Waals surface area contributed by atoms with Crippen molar-refractivity contribution in [3.63, 3.8) is 0 Å². The largest absolute Gasteiger partial charge is 0.379 e. The molecule has 25 heavy (non-hydrogen) atoms. The predicted molar refractivity (Wildman–Crippen MR) is 105 cm³/mol. The summed E-state index contributed by atoms with van der Waals surface area (Å²) in [4.78, 5) is 7.27. The number of ether oxygens (including phenoxy) is 1. The molecule has 0 aromatic heterocycles. The molecule has 5 heteroatoms. The number of hydrogen-bond acceptors (Lipinski definition) is 3. The zero-order chi connectivity index (χ0) is 17.9. The van der Waals surface area contributed by atoms with E-state index in [1.807, 2.05) is 0 Å². The van der Waals surface area contributed by atoms with Crippen LogP contribution in [0.2, 0.25) is 0 Å². The fraction of sp³-hybridized carbons (Fsp3) is 0.650. The van der Waals surface area contributed by atoms with E-state index in [-0.39, 0.29) is 0 Å². The Morgan fingerprint density at radius 1 is 1.32 bits per heavy atom. The third-order valence-corrected chi connectivity index (χ3v) is 4.62. The van der Waals surface area contributed by atoms with Crippen LogP contribution in [-0.2, 0) is 11.2 Å². The first kappa shape index (κ1) is 19.7. The molecule has 0 saturated carbocycles. The molecule has 0 bridgehead atoms. The Hall–Kier alpha value is -1.59. The molecule has 1 aliphatic rings. The van der Waals surface area contributed by atoms with E-state index in [4.69, 9.17) is 9.73 Å². The maximum atomic E-state index is 5.53. The first-order valence-corrected chi connectivity index (χ1v) is 9.60. The van der Waals surface area contributed by atoms with E-state index in [1.54, 1.807) is 0 Å². The molecule has 1 fully saturated rings. The summed E-state index contributed by atoms with van der Waals surface area (Å²) in [6, 6.07) is 11.5. The molecule has 0 spiro atoms. The summed E-state index contributed by atoms with van der Waals surface area (Å²) in [6.07, 6.45) is 2.19. The standard InChI is InChI=1S/C20H34N4O/c1-4-21-20(22-12-8-11-19-9-6-5-7-10-19)23-15-17(2)24-13-14-25-16-18(24)3/h5-7,9-10,17-18H,4,8,11-16H2,1-3H3,(H2,21,22,23). The summed E-state index contributed by atoms with van der Waals surface area (Å²) in [5.74, 6) is 0.920. The van der Waals surface area contributed by atoms with Gasteiger partial charge in [0.05, 0.1) is 19.8 Å². The zero-order valence-corrected chi connectivity index (χ0v) is 16.0. The summed E-state index contributed by atoms with van der Waals surface area (Å²) in [5, 5.41) is 6.80. The number of nitrogens with one attached hydrogen (secondary N) is 2. The van der Waals surface area contributed by atoms with Gasteiger partial charge in [-0.15, -0.1) is 0 Å². The molecule has 1 aromatic carbocycles. The van der Waals surface area contributed by atoms with Gasteiger partial charge in [0.15, 0.2) is 5.96 Å². The van der Waals surface area contributed by atoms with Crippen molar-refractivity contribution >= 4 is 5.96 Å². The van der Waals surface area contributed by atoms with Crippen molar-refractivity contribution in [1.29, 1.82) is 0 Å². The Morgan fingerprint density at radius 3 is 2.84 bits per heavy atom. The summed E-state index contributed by atoms with van der Waals surface area (Å²) < 4.78 is 5.53. The van der Waals surface area contributed by atoms with Crippen molar-refractivity contribution in [2.45, 2.75) is 45.7 Å². The molecule has 2 N–H and O–H groups in total. The quantitative estimate of drug-likeness (QED) is 0.431. The van der Waals surface area contributed by atoms with Gasteiger partial charge >= 0.3 is 0 Å². The molecule has 1 aliphatic heterocycles. The normalized spacial score (nSPS) is 20.3. The van der Waals surface area contributed by atoms with E-state index in [9.17, 15) is 0 Å². The van der Waals surface area contributed by atoms with Gasteiger partial charge in [-0.05, 0) is 39.2 Å². The fourth-order valence-electron chi connectivity index (χ4n) is 3.21. The summed E-state index contributed by atoms with van der Waals surface area (Å²) >= 11 is 0. The molecule has 2 rings (SSSR count). The average Bonchev–Trinajstić information content (AvgIpc) is 2.64.